The van der Waals surface area contributed by atoms with E-state index in [4.69, 9.17) is 28.9 Å². The fourth-order valence-electron chi connectivity index (χ4n) is 2.34. The molecule has 0 aliphatic carbocycles. The van der Waals surface area contributed by atoms with Crippen LogP contribution in [0.3, 0.4) is 0 Å². The highest BCUT2D eigenvalue weighted by Crippen LogP contribution is 2.32. The summed E-state index contributed by atoms with van der Waals surface area (Å²) >= 11 is 12.1. The first-order chi connectivity index (χ1) is 9.97. The molecule has 0 amide bonds. The number of nitrogens with one attached hydrogen (secondary N) is 1. The molecule has 1 aromatic heterocycles. The smallest absolute Gasteiger partial charge is 0.196 e. The summed E-state index contributed by atoms with van der Waals surface area (Å²) in [4.78, 5) is 15.8. The summed E-state index contributed by atoms with van der Waals surface area (Å²) in [6.45, 7) is 1.98. The van der Waals surface area contributed by atoms with Gasteiger partial charge in [0.2, 0.25) is 0 Å². The molecule has 3 nitrogen and oxygen atoms in total. The fraction of sp³-hybridized carbons (Fsp3) is 0.0625. The monoisotopic (exact) mass is 318 g/mol. The van der Waals surface area contributed by atoms with Crippen LogP contribution in [0.4, 0.5) is 5.69 Å². The van der Waals surface area contributed by atoms with Gasteiger partial charge in [-0.15, -0.1) is 0 Å². The van der Waals surface area contributed by atoms with Crippen molar-refractivity contribution in [3.05, 3.63) is 63.3 Å². The number of carbonyl (C=O) groups is 1. The van der Waals surface area contributed by atoms with Gasteiger partial charge >= 0.3 is 0 Å². The standard InChI is InChI=1S/C16H12Cl2N2O/c1-8-2-3-14-10(4-8)12(7-20-14)16(21)11-5-9(19)6-13(17)15(11)18/h2-7,20H,19H2,1H3. The number of fused-ring (bicyclic) bond motifs is 1. The first kappa shape index (κ1) is 14.0. The van der Waals surface area contributed by atoms with Gasteiger partial charge in [-0.2, -0.15) is 0 Å². The number of carbonyl (C=O) groups excluding carboxylic acids is 1. The first-order valence-electron chi connectivity index (χ1n) is 6.34. The summed E-state index contributed by atoms with van der Waals surface area (Å²) in [7, 11) is 0. The zero-order valence-electron chi connectivity index (χ0n) is 11.2. The van der Waals surface area contributed by atoms with E-state index >= 15 is 0 Å². The van der Waals surface area contributed by atoms with Crippen LogP contribution in [0.25, 0.3) is 10.9 Å². The number of aromatic nitrogens is 1. The first-order valence-corrected chi connectivity index (χ1v) is 7.10. The Balaban J connectivity index is 2.19. The number of aryl methyl sites for hydroxylation is 1. The number of halogens is 2. The Morgan fingerprint density at radius 1 is 1.14 bits per heavy atom. The van der Waals surface area contributed by atoms with Crippen molar-refractivity contribution >= 4 is 45.6 Å². The maximum Gasteiger partial charge on any atom is 0.196 e. The summed E-state index contributed by atoms with van der Waals surface area (Å²) in [5.74, 6) is -0.203. The van der Waals surface area contributed by atoms with Crippen LogP contribution in [0.5, 0.6) is 0 Å². The van der Waals surface area contributed by atoms with E-state index in [-0.39, 0.29) is 15.8 Å². The quantitative estimate of drug-likeness (QED) is 0.536. The second-order valence-electron chi connectivity index (χ2n) is 4.94. The van der Waals surface area contributed by atoms with E-state index in [0.29, 0.717) is 16.8 Å². The SMILES string of the molecule is Cc1ccc2[nH]cc(C(=O)c3cc(N)cc(Cl)c3Cl)c2c1. The molecule has 0 fully saturated rings. The third kappa shape index (κ3) is 2.39. The van der Waals surface area contributed by atoms with E-state index in [1.54, 1.807) is 12.3 Å². The van der Waals surface area contributed by atoms with Gasteiger partial charge < -0.3 is 10.7 Å². The van der Waals surface area contributed by atoms with Gasteiger partial charge in [-0.25, -0.2) is 0 Å². The molecular weight excluding hydrogens is 307 g/mol. The molecular formula is C16H12Cl2N2O. The van der Waals surface area contributed by atoms with Gasteiger partial charge in [-0.05, 0) is 31.2 Å². The Hall–Kier alpha value is -1.97. The van der Waals surface area contributed by atoms with Gasteiger partial charge in [-0.3, -0.25) is 4.79 Å². The minimum atomic E-state index is -0.203. The van der Waals surface area contributed by atoms with Gasteiger partial charge in [0.1, 0.15) is 0 Å². The largest absolute Gasteiger partial charge is 0.399 e. The normalized spacial score (nSPS) is 11.0. The van der Waals surface area contributed by atoms with Gasteiger partial charge in [0.25, 0.3) is 0 Å². The van der Waals surface area contributed by atoms with E-state index < -0.39 is 0 Å². The lowest BCUT2D eigenvalue weighted by molar-refractivity contribution is 0.104. The molecule has 2 aromatic carbocycles. The molecule has 0 unspecified atom stereocenters. The van der Waals surface area contributed by atoms with E-state index in [1.165, 1.54) is 6.07 Å². The minimum Gasteiger partial charge on any atom is -0.399 e. The van der Waals surface area contributed by atoms with Crippen LogP contribution in [0.1, 0.15) is 21.5 Å². The number of hydrogen-bond donors (Lipinski definition) is 2. The number of rotatable bonds is 2. The van der Waals surface area contributed by atoms with E-state index in [2.05, 4.69) is 4.98 Å². The molecule has 0 aliphatic rings. The van der Waals surface area contributed by atoms with E-state index in [9.17, 15) is 4.79 Å². The van der Waals surface area contributed by atoms with Crippen molar-refractivity contribution in [3.8, 4) is 0 Å². The van der Waals surface area contributed by atoms with Gasteiger partial charge in [0.05, 0.1) is 10.0 Å². The topological polar surface area (TPSA) is 58.9 Å². The van der Waals surface area contributed by atoms with Crippen molar-refractivity contribution in [2.45, 2.75) is 6.92 Å². The highest BCUT2D eigenvalue weighted by molar-refractivity contribution is 6.44. The maximum atomic E-state index is 12.7. The van der Waals surface area contributed by atoms with Crippen LogP contribution in [0.2, 0.25) is 10.0 Å². The molecule has 0 spiro atoms. The van der Waals surface area contributed by atoms with Crippen molar-refractivity contribution in [3.63, 3.8) is 0 Å². The van der Waals surface area contributed by atoms with Crippen molar-refractivity contribution in [2.24, 2.45) is 0 Å². The molecule has 0 atom stereocenters. The molecule has 0 saturated heterocycles. The molecule has 0 bridgehead atoms. The Bertz CT molecular complexity index is 868. The van der Waals surface area contributed by atoms with Crippen molar-refractivity contribution in [1.82, 2.24) is 4.98 Å². The predicted molar refractivity (Wildman–Crippen MR) is 87.3 cm³/mol. The van der Waals surface area contributed by atoms with E-state index in [1.807, 2.05) is 25.1 Å². The van der Waals surface area contributed by atoms with Crippen molar-refractivity contribution in [1.29, 1.82) is 0 Å². The predicted octanol–water partition coefficient (Wildman–Crippen LogP) is 4.60. The second kappa shape index (κ2) is 5.10. The Kier molecular flexibility index (Phi) is 3.40. The zero-order valence-corrected chi connectivity index (χ0v) is 12.7. The Morgan fingerprint density at radius 3 is 2.67 bits per heavy atom. The number of ketones is 1. The number of aromatic amines is 1. The third-order valence-electron chi connectivity index (χ3n) is 3.38. The molecule has 3 N–H and O–H groups in total. The highest BCUT2D eigenvalue weighted by atomic mass is 35.5. The molecule has 0 saturated carbocycles. The molecule has 3 aromatic rings. The van der Waals surface area contributed by atoms with Gasteiger partial charge in [0.15, 0.2) is 5.78 Å². The molecule has 1 heterocycles. The number of H-pyrrole nitrogens is 1. The average molecular weight is 319 g/mol. The molecule has 0 aliphatic heterocycles. The molecule has 5 heteroatoms. The lowest BCUT2D eigenvalue weighted by atomic mass is 10.0. The number of nitrogen functional groups attached to an aromatic ring is 1. The lowest BCUT2D eigenvalue weighted by Crippen LogP contribution is -2.03. The average Bonchev–Trinajstić information content (AvgIpc) is 2.85. The molecule has 3 rings (SSSR count). The molecule has 0 radical (unpaired) electrons. The van der Waals surface area contributed by atoms with Gasteiger partial charge in [-0.1, -0.05) is 34.8 Å². The number of hydrogen-bond acceptors (Lipinski definition) is 2. The van der Waals surface area contributed by atoms with Crippen molar-refractivity contribution in [2.75, 3.05) is 5.73 Å². The number of benzene rings is 2. The van der Waals surface area contributed by atoms with Crippen molar-refractivity contribution < 1.29 is 4.79 Å². The van der Waals surface area contributed by atoms with Crippen LogP contribution < -0.4 is 5.73 Å². The molecule has 106 valence electrons. The minimum absolute atomic E-state index is 0.203. The number of anilines is 1. The lowest BCUT2D eigenvalue weighted by Gasteiger charge is -2.06. The third-order valence-corrected chi connectivity index (χ3v) is 4.18. The number of nitrogens with two attached hydrogens (primary N) is 1. The Labute approximate surface area is 131 Å². The van der Waals surface area contributed by atoms with E-state index in [0.717, 1.165) is 16.5 Å². The van der Waals surface area contributed by atoms with Gasteiger partial charge in [0, 0.05) is 33.9 Å². The summed E-state index contributed by atoms with van der Waals surface area (Å²) in [6, 6.07) is 8.96. The second-order valence-corrected chi connectivity index (χ2v) is 5.73. The molecule has 21 heavy (non-hydrogen) atoms. The maximum absolute atomic E-state index is 12.7. The van der Waals surface area contributed by atoms with Crippen LogP contribution in [0, 0.1) is 6.92 Å². The highest BCUT2D eigenvalue weighted by Gasteiger charge is 2.19. The van der Waals surface area contributed by atoms with Crippen LogP contribution in [0.15, 0.2) is 36.5 Å². The fourth-order valence-corrected chi connectivity index (χ4v) is 2.77. The van der Waals surface area contributed by atoms with Crippen LogP contribution >= 0.6 is 23.2 Å². The van der Waals surface area contributed by atoms with Crippen LogP contribution in [-0.4, -0.2) is 10.8 Å². The Morgan fingerprint density at radius 2 is 1.90 bits per heavy atom. The summed E-state index contributed by atoms with van der Waals surface area (Å²) in [5.41, 5.74) is 9.00. The summed E-state index contributed by atoms with van der Waals surface area (Å²) < 4.78 is 0. The summed E-state index contributed by atoms with van der Waals surface area (Å²) in [6.07, 6.45) is 1.68. The summed E-state index contributed by atoms with van der Waals surface area (Å²) in [5, 5.41) is 1.35. The van der Waals surface area contributed by atoms with Crippen LogP contribution in [-0.2, 0) is 0 Å². The zero-order chi connectivity index (χ0) is 15.1.